The first-order chi connectivity index (χ1) is 17.2. The van der Waals surface area contributed by atoms with Gasteiger partial charge in [0.15, 0.2) is 10.8 Å². The molecule has 1 saturated heterocycles. The lowest BCUT2D eigenvalue weighted by Crippen LogP contribution is -2.27. The number of nitrogens with two attached hydrogens (primary N) is 1. The number of rotatable bonds is 7. The molecule has 2 unspecified atom stereocenters. The van der Waals surface area contributed by atoms with Crippen molar-refractivity contribution in [3.63, 3.8) is 0 Å². The minimum Gasteiger partial charge on any atom is -0.406 e. The Morgan fingerprint density at radius 3 is 2.83 bits per heavy atom. The molecular weight excluding hydrogens is 517 g/mol. The van der Waals surface area contributed by atoms with E-state index in [-0.39, 0.29) is 16.7 Å². The van der Waals surface area contributed by atoms with Crippen LogP contribution in [0, 0.1) is 0 Å². The molecule has 1 aliphatic rings. The smallest absolute Gasteiger partial charge is 0.406 e. The molecule has 188 valence electrons. The highest BCUT2D eigenvalue weighted by atomic mass is 32.1. The highest BCUT2D eigenvalue weighted by molar-refractivity contribution is 7.22. The van der Waals surface area contributed by atoms with E-state index in [0.29, 0.717) is 5.13 Å². The number of fused-ring (bicyclic) bond motifs is 1. The van der Waals surface area contributed by atoms with Crippen molar-refractivity contribution in [2.45, 2.75) is 24.9 Å². The van der Waals surface area contributed by atoms with E-state index in [9.17, 15) is 18.0 Å². The van der Waals surface area contributed by atoms with E-state index in [1.807, 2.05) is 12.1 Å². The molecule has 1 amide bonds. The van der Waals surface area contributed by atoms with E-state index in [1.165, 1.54) is 12.1 Å². The van der Waals surface area contributed by atoms with Gasteiger partial charge < -0.3 is 20.7 Å². The highest BCUT2D eigenvalue weighted by Crippen LogP contribution is 2.31. The molecule has 0 aliphatic carbocycles. The van der Waals surface area contributed by atoms with Crippen molar-refractivity contribution in [3.8, 4) is 5.75 Å². The number of nitrogens with zero attached hydrogens (tertiary/aromatic N) is 5. The second-order valence-electron chi connectivity index (χ2n) is 7.90. The standard InChI is InChI=1S/C21H19F3N8O2S2/c22-21(23,24)34-13-4-1-3-11(9-13)15(25)17(33)29-19-31-30-18(36-19)27-12-6-8-32(10-12)20-28-16-14(35-20)5-2-7-26-16/h1-5,7,9,12,15H,6,8,10,25H2,(H,27,30)(H,29,31,33). The molecule has 0 bridgehead atoms. The van der Waals surface area contributed by atoms with Crippen LogP contribution in [0.1, 0.15) is 18.0 Å². The van der Waals surface area contributed by atoms with Gasteiger partial charge in [0.05, 0.1) is 4.70 Å². The minimum atomic E-state index is -4.84. The molecule has 1 fully saturated rings. The molecule has 36 heavy (non-hydrogen) atoms. The lowest BCUT2D eigenvalue weighted by atomic mass is 10.1. The van der Waals surface area contributed by atoms with Crippen molar-refractivity contribution in [2.24, 2.45) is 5.73 Å². The normalized spacial score (nSPS) is 16.8. The van der Waals surface area contributed by atoms with Crippen molar-refractivity contribution in [1.29, 1.82) is 0 Å². The van der Waals surface area contributed by atoms with Gasteiger partial charge in [0.2, 0.25) is 16.2 Å². The van der Waals surface area contributed by atoms with Gasteiger partial charge in [0.25, 0.3) is 0 Å². The van der Waals surface area contributed by atoms with Gasteiger partial charge in [-0.2, -0.15) is 4.98 Å². The third kappa shape index (κ3) is 5.63. The zero-order chi connectivity index (χ0) is 25.3. The number of alkyl halides is 3. The topological polar surface area (TPSA) is 131 Å². The fourth-order valence-electron chi connectivity index (χ4n) is 3.69. The molecule has 3 aromatic heterocycles. The first-order valence-corrected chi connectivity index (χ1v) is 12.4. The summed E-state index contributed by atoms with van der Waals surface area (Å²) < 4.78 is 42.3. The number of thiazole rings is 1. The number of nitrogens with one attached hydrogen (secondary N) is 2. The van der Waals surface area contributed by atoms with Crippen molar-refractivity contribution in [1.82, 2.24) is 20.2 Å². The quantitative estimate of drug-likeness (QED) is 0.323. The lowest BCUT2D eigenvalue weighted by Gasteiger charge is -2.15. The van der Waals surface area contributed by atoms with E-state index < -0.39 is 24.1 Å². The van der Waals surface area contributed by atoms with E-state index in [0.717, 1.165) is 58.5 Å². The molecule has 1 aliphatic heterocycles. The summed E-state index contributed by atoms with van der Waals surface area (Å²) in [5, 5.41) is 15.6. The number of carbonyl (C=O) groups excluding carboxylic acids is 1. The number of ether oxygens (including phenoxy) is 1. The third-order valence-corrected chi connectivity index (χ3v) is 7.17. The van der Waals surface area contributed by atoms with Crippen molar-refractivity contribution in [3.05, 3.63) is 48.2 Å². The second-order valence-corrected chi connectivity index (χ2v) is 9.88. The van der Waals surface area contributed by atoms with Gasteiger partial charge in [-0.15, -0.1) is 23.4 Å². The first kappa shape index (κ1) is 24.1. The number of hydrogen-bond donors (Lipinski definition) is 3. The summed E-state index contributed by atoms with van der Waals surface area (Å²) in [6.07, 6.45) is -2.26. The highest BCUT2D eigenvalue weighted by Gasteiger charge is 2.31. The predicted octanol–water partition coefficient (Wildman–Crippen LogP) is 3.77. The monoisotopic (exact) mass is 536 g/mol. The van der Waals surface area contributed by atoms with Gasteiger partial charge in [-0.05, 0) is 36.2 Å². The molecule has 5 rings (SSSR count). The molecule has 1 aromatic carbocycles. The second kappa shape index (κ2) is 9.83. The molecule has 10 nitrogen and oxygen atoms in total. The number of pyridine rings is 1. The predicted molar refractivity (Wildman–Crippen MR) is 130 cm³/mol. The number of anilines is 3. The summed E-state index contributed by atoms with van der Waals surface area (Å²) in [6.45, 7) is 1.55. The van der Waals surface area contributed by atoms with Gasteiger partial charge in [0.1, 0.15) is 11.8 Å². The molecule has 4 N–H and O–H groups in total. The molecule has 0 spiro atoms. The summed E-state index contributed by atoms with van der Waals surface area (Å²) in [4.78, 5) is 23.6. The maximum atomic E-state index is 12.5. The molecule has 4 aromatic rings. The van der Waals surface area contributed by atoms with E-state index in [4.69, 9.17) is 5.73 Å². The van der Waals surface area contributed by atoms with E-state index in [2.05, 4.69) is 40.4 Å². The van der Waals surface area contributed by atoms with Crippen LogP contribution in [0.3, 0.4) is 0 Å². The number of hydrogen-bond acceptors (Lipinski definition) is 11. The van der Waals surface area contributed by atoms with Gasteiger partial charge in [-0.1, -0.05) is 34.8 Å². The Balaban J connectivity index is 1.16. The Bertz CT molecular complexity index is 1350. The summed E-state index contributed by atoms with van der Waals surface area (Å²) in [7, 11) is 0. The number of halogens is 3. The lowest BCUT2D eigenvalue weighted by molar-refractivity contribution is -0.274. The Morgan fingerprint density at radius 1 is 1.19 bits per heavy atom. The molecule has 0 radical (unpaired) electrons. The van der Waals surface area contributed by atoms with Crippen molar-refractivity contribution < 1.29 is 22.7 Å². The number of aromatic nitrogens is 4. The van der Waals surface area contributed by atoms with Crippen LogP contribution in [0.2, 0.25) is 0 Å². The van der Waals surface area contributed by atoms with Gasteiger partial charge in [-0.25, -0.2) is 4.98 Å². The Labute approximate surface area is 210 Å². The van der Waals surface area contributed by atoms with E-state index in [1.54, 1.807) is 17.5 Å². The SMILES string of the molecule is NC(C(=O)Nc1nnc(NC2CCN(c3nc4ncccc4s3)C2)s1)c1cccc(OC(F)(F)F)c1. The zero-order valence-electron chi connectivity index (χ0n) is 18.4. The van der Waals surface area contributed by atoms with Gasteiger partial charge in [-0.3, -0.25) is 10.1 Å². The summed E-state index contributed by atoms with van der Waals surface area (Å²) in [5.41, 5.74) is 6.83. The molecule has 4 heterocycles. The van der Waals surface area contributed by atoms with Crippen LogP contribution in [0.5, 0.6) is 5.75 Å². The Hall–Kier alpha value is -3.56. The largest absolute Gasteiger partial charge is 0.573 e. The van der Waals surface area contributed by atoms with Crippen LogP contribution < -0.4 is 26.0 Å². The van der Waals surface area contributed by atoms with Crippen LogP contribution in [0.25, 0.3) is 10.3 Å². The van der Waals surface area contributed by atoms with Crippen LogP contribution in [-0.2, 0) is 4.79 Å². The zero-order valence-corrected chi connectivity index (χ0v) is 20.0. The summed E-state index contributed by atoms with van der Waals surface area (Å²) in [6, 6.07) is 7.72. The maximum absolute atomic E-state index is 12.5. The van der Waals surface area contributed by atoms with Gasteiger partial charge in [0, 0.05) is 25.3 Å². The van der Waals surface area contributed by atoms with Crippen LogP contribution in [0.4, 0.5) is 28.6 Å². The van der Waals surface area contributed by atoms with E-state index >= 15 is 0 Å². The maximum Gasteiger partial charge on any atom is 0.573 e. The summed E-state index contributed by atoms with van der Waals surface area (Å²) >= 11 is 2.73. The van der Waals surface area contributed by atoms with Crippen LogP contribution in [0.15, 0.2) is 42.6 Å². The average Bonchev–Trinajstić information content (AvgIpc) is 3.57. The fourth-order valence-corrected chi connectivity index (χ4v) is 5.37. The number of benzene rings is 1. The Kier molecular flexibility index (Phi) is 6.59. The molecule has 15 heteroatoms. The first-order valence-electron chi connectivity index (χ1n) is 10.7. The number of carbonyl (C=O) groups is 1. The molecule has 0 saturated carbocycles. The van der Waals surface area contributed by atoms with Crippen molar-refractivity contribution in [2.75, 3.05) is 28.6 Å². The minimum absolute atomic E-state index is 0.111. The van der Waals surface area contributed by atoms with Crippen LogP contribution in [-0.4, -0.2) is 51.6 Å². The third-order valence-electron chi connectivity index (χ3n) is 5.33. The Morgan fingerprint density at radius 2 is 2.03 bits per heavy atom. The molecule has 2 atom stereocenters. The molecular formula is C21H19F3N8O2S2. The number of amides is 1. The van der Waals surface area contributed by atoms with Gasteiger partial charge >= 0.3 is 6.36 Å². The summed E-state index contributed by atoms with van der Waals surface area (Å²) in [5.74, 6) is -1.10. The fraction of sp³-hybridized carbons (Fsp3) is 0.286. The average molecular weight is 537 g/mol. The van der Waals surface area contributed by atoms with Crippen LogP contribution >= 0.6 is 22.7 Å². The van der Waals surface area contributed by atoms with Crippen molar-refractivity contribution >= 4 is 54.3 Å².